The average molecular weight is 409 g/mol. The second-order valence-corrected chi connectivity index (χ2v) is 6.36. The number of nitrogens with one attached hydrogen (secondary N) is 2. The van der Waals surface area contributed by atoms with Crippen LogP contribution in [0.4, 0.5) is 11.4 Å². The quantitative estimate of drug-likeness (QED) is 0.545. The molecular formula is C15H11Br2N3O. The standard InChI is InChI=1S/C15H11Br2N3O/c16-8-1-3-14(12(17)5-8)20-15(21)11-7-19-13-4-2-9(18)6-10(11)13/h1-7,19H,18H2,(H,20,21). The maximum Gasteiger partial charge on any atom is 0.257 e. The van der Waals surface area contributed by atoms with Gasteiger partial charge in [0.1, 0.15) is 0 Å². The number of fused-ring (bicyclic) bond motifs is 1. The summed E-state index contributed by atoms with van der Waals surface area (Å²) in [6.07, 6.45) is 1.69. The van der Waals surface area contributed by atoms with Crippen molar-refractivity contribution < 1.29 is 4.79 Å². The highest BCUT2D eigenvalue weighted by Crippen LogP contribution is 2.28. The summed E-state index contributed by atoms with van der Waals surface area (Å²) in [6.45, 7) is 0. The number of carbonyl (C=O) groups excluding carboxylic acids is 1. The molecule has 1 amide bonds. The van der Waals surface area contributed by atoms with E-state index in [-0.39, 0.29) is 5.91 Å². The van der Waals surface area contributed by atoms with Crippen molar-refractivity contribution in [2.75, 3.05) is 11.1 Å². The molecule has 0 aliphatic rings. The Labute approximate surface area is 138 Å². The molecule has 0 fully saturated rings. The van der Waals surface area contributed by atoms with Crippen molar-refractivity contribution in [1.82, 2.24) is 4.98 Å². The summed E-state index contributed by atoms with van der Waals surface area (Å²) in [6, 6.07) is 11.0. The molecule has 21 heavy (non-hydrogen) atoms. The fourth-order valence-corrected chi connectivity index (χ4v) is 3.25. The molecule has 0 atom stereocenters. The molecule has 3 aromatic rings. The van der Waals surface area contributed by atoms with Crippen LogP contribution in [0.25, 0.3) is 10.9 Å². The second kappa shape index (κ2) is 5.54. The average Bonchev–Trinajstić information content (AvgIpc) is 2.85. The number of carbonyl (C=O) groups is 1. The highest BCUT2D eigenvalue weighted by atomic mass is 79.9. The topological polar surface area (TPSA) is 70.9 Å². The van der Waals surface area contributed by atoms with Gasteiger partial charge in [0.25, 0.3) is 5.91 Å². The maximum atomic E-state index is 12.4. The van der Waals surface area contributed by atoms with Gasteiger partial charge < -0.3 is 16.0 Å². The molecular weight excluding hydrogens is 398 g/mol. The predicted molar refractivity (Wildman–Crippen MR) is 92.5 cm³/mol. The molecule has 0 aliphatic heterocycles. The molecule has 1 heterocycles. The van der Waals surface area contributed by atoms with Gasteiger partial charge in [0.15, 0.2) is 0 Å². The van der Waals surface area contributed by atoms with Crippen molar-refractivity contribution in [1.29, 1.82) is 0 Å². The number of nitrogen functional groups attached to an aromatic ring is 1. The number of anilines is 2. The largest absolute Gasteiger partial charge is 0.399 e. The fourth-order valence-electron chi connectivity index (χ4n) is 2.11. The second-order valence-electron chi connectivity index (χ2n) is 4.59. The molecule has 4 nitrogen and oxygen atoms in total. The van der Waals surface area contributed by atoms with Crippen LogP contribution in [0.2, 0.25) is 0 Å². The van der Waals surface area contributed by atoms with E-state index in [1.807, 2.05) is 24.3 Å². The van der Waals surface area contributed by atoms with Crippen molar-refractivity contribution >= 4 is 60.0 Å². The number of amides is 1. The Morgan fingerprint density at radius 1 is 1.14 bits per heavy atom. The first kappa shape index (κ1) is 14.2. The first-order valence-electron chi connectivity index (χ1n) is 6.17. The molecule has 1 aromatic heterocycles. The molecule has 0 aliphatic carbocycles. The number of benzene rings is 2. The van der Waals surface area contributed by atoms with Crippen LogP contribution in [0.15, 0.2) is 51.5 Å². The summed E-state index contributed by atoms with van der Waals surface area (Å²) in [5.74, 6) is -0.185. The highest BCUT2D eigenvalue weighted by Gasteiger charge is 2.13. The fraction of sp³-hybridized carbons (Fsp3) is 0. The first-order valence-corrected chi connectivity index (χ1v) is 7.76. The van der Waals surface area contributed by atoms with Crippen LogP contribution in [-0.2, 0) is 0 Å². The van der Waals surface area contributed by atoms with E-state index < -0.39 is 0 Å². The van der Waals surface area contributed by atoms with Gasteiger partial charge in [-0.25, -0.2) is 0 Å². The minimum Gasteiger partial charge on any atom is -0.399 e. The summed E-state index contributed by atoms with van der Waals surface area (Å²) in [7, 11) is 0. The Morgan fingerprint density at radius 3 is 2.71 bits per heavy atom. The van der Waals surface area contributed by atoms with Crippen LogP contribution < -0.4 is 11.1 Å². The third kappa shape index (κ3) is 2.82. The lowest BCUT2D eigenvalue weighted by molar-refractivity contribution is 0.102. The van der Waals surface area contributed by atoms with E-state index in [0.717, 1.165) is 19.8 Å². The molecule has 0 radical (unpaired) electrons. The van der Waals surface area contributed by atoms with Crippen LogP contribution in [0.5, 0.6) is 0 Å². The van der Waals surface area contributed by atoms with Crippen molar-refractivity contribution in [3.63, 3.8) is 0 Å². The van der Waals surface area contributed by atoms with Gasteiger partial charge in [0, 0.05) is 31.7 Å². The van der Waals surface area contributed by atoms with Crippen molar-refractivity contribution in [3.8, 4) is 0 Å². The summed E-state index contributed by atoms with van der Waals surface area (Å²) < 4.78 is 1.75. The Kier molecular flexibility index (Phi) is 3.73. The molecule has 0 unspecified atom stereocenters. The molecule has 0 spiro atoms. The Hall–Kier alpha value is -1.79. The number of hydrogen-bond donors (Lipinski definition) is 3. The number of H-pyrrole nitrogens is 1. The van der Waals surface area contributed by atoms with Crippen molar-refractivity contribution in [2.24, 2.45) is 0 Å². The van der Waals surface area contributed by atoms with Crippen LogP contribution in [0, 0.1) is 0 Å². The number of rotatable bonds is 2. The zero-order chi connectivity index (χ0) is 15.0. The monoisotopic (exact) mass is 407 g/mol. The number of nitrogens with two attached hydrogens (primary N) is 1. The van der Waals surface area contributed by atoms with E-state index in [9.17, 15) is 4.79 Å². The molecule has 6 heteroatoms. The third-order valence-electron chi connectivity index (χ3n) is 3.13. The Bertz CT molecular complexity index is 842. The number of aromatic nitrogens is 1. The molecule has 0 saturated heterocycles. The smallest absolute Gasteiger partial charge is 0.257 e. The lowest BCUT2D eigenvalue weighted by atomic mass is 10.1. The van der Waals surface area contributed by atoms with Gasteiger partial charge in [0.2, 0.25) is 0 Å². The van der Waals surface area contributed by atoms with Gasteiger partial charge in [-0.2, -0.15) is 0 Å². The van der Waals surface area contributed by atoms with Crippen LogP contribution in [0.1, 0.15) is 10.4 Å². The number of aromatic amines is 1. The van der Waals surface area contributed by atoms with E-state index in [1.165, 1.54) is 0 Å². The van der Waals surface area contributed by atoms with Gasteiger partial charge in [-0.1, -0.05) is 15.9 Å². The van der Waals surface area contributed by atoms with E-state index in [0.29, 0.717) is 16.9 Å². The van der Waals surface area contributed by atoms with Crippen LogP contribution in [-0.4, -0.2) is 10.9 Å². The molecule has 0 bridgehead atoms. The zero-order valence-corrected chi connectivity index (χ0v) is 14.0. The van der Waals surface area contributed by atoms with Gasteiger partial charge >= 0.3 is 0 Å². The normalized spacial score (nSPS) is 10.8. The molecule has 4 N–H and O–H groups in total. The highest BCUT2D eigenvalue weighted by molar-refractivity contribution is 9.11. The minimum absolute atomic E-state index is 0.185. The molecule has 3 rings (SSSR count). The van der Waals surface area contributed by atoms with Crippen molar-refractivity contribution in [2.45, 2.75) is 0 Å². The lowest BCUT2D eigenvalue weighted by Gasteiger charge is -2.07. The number of hydrogen-bond acceptors (Lipinski definition) is 2. The lowest BCUT2D eigenvalue weighted by Crippen LogP contribution is -2.11. The zero-order valence-electron chi connectivity index (χ0n) is 10.8. The molecule has 106 valence electrons. The van der Waals surface area contributed by atoms with Gasteiger partial charge in [-0.15, -0.1) is 0 Å². The maximum absolute atomic E-state index is 12.4. The predicted octanol–water partition coefficient (Wildman–Crippen LogP) is 4.53. The van der Waals surface area contributed by atoms with Crippen LogP contribution in [0.3, 0.4) is 0 Å². The van der Waals surface area contributed by atoms with Crippen molar-refractivity contribution in [3.05, 3.63) is 57.1 Å². The van der Waals surface area contributed by atoms with Gasteiger partial charge in [-0.05, 0) is 52.3 Å². The van der Waals surface area contributed by atoms with E-state index in [2.05, 4.69) is 42.2 Å². The van der Waals surface area contributed by atoms with E-state index in [1.54, 1.807) is 18.3 Å². The third-order valence-corrected chi connectivity index (χ3v) is 4.28. The SMILES string of the molecule is Nc1ccc2[nH]cc(C(=O)Nc3ccc(Br)cc3Br)c2c1. The Balaban J connectivity index is 1.95. The first-order chi connectivity index (χ1) is 10.0. The van der Waals surface area contributed by atoms with Gasteiger partial charge in [-0.3, -0.25) is 4.79 Å². The summed E-state index contributed by atoms with van der Waals surface area (Å²) in [5.41, 5.74) is 8.56. The molecule has 0 saturated carbocycles. The minimum atomic E-state index is -0.185. The summed E-state index contributed by atoms with van der Waals surface area (Å²) >= 11 is 6.81. The van der Waals surface area contributed by atoms with Crippen LogP contribution >= 0.6 is 31.9 Å². The Morgan fingerprint density at radius 2 is 1.95 bits per heavy atom. The van der Waals surface area contributed by atoms with E-state index in [4.69, 9.17) is 5.73 Å². The number of halogens is 2. The van der Waals surface area contributed by atoms with Gasteiger partial charge in [0.05, 0.1) is 11.3 Å². The summed E-state index contributed by atoms with van der Waals surface area (Å²) in [4.78, 5) is 15.5. The molecule has 2 aromatic carbocycles. The van der Waals surface area contributed by atoms with E-state index >= 15 is 0 Å². The summed E-state index contributed by atoms with van der Waals surface area (Å²) in [5, 5.41) is 3.69.